The molecule has 3 heteroatoms. The maximum atomic E-state index is 11.1. The normalized spacial score (nSPS) is 9.75. The third-order valence-electron chi connectivity index (χ3n) is 1.91. The van der Waals surface area contributed by atoms with Gasteiger partial charge in [-0.15, -0.1) is 11.8 Å². The zero-order valence-electron chi connectivity index (χ0n) is 10.5. The van der Waals surface area contributed by atoms with Gasteiger partial charge in [-0.1, -0.05) is 20.3 Å². The molecular weight excluding hydrogens is 204 g/mol. The molecule has 0 saturated heterocycles. The van der Waals surface area contributed by atoms with Crippen LogP contribution in [0.15, 0.2) is 0 Å². The molecule has 0 aromatic rings. The summed E-state index contributed by atoms with van der Waals surface area (Å²) in [5, 5.41) is 0. The topological polar surface area (TPSA) is 35.5 Å². The standard InChI is InChI=1S/C13H22O3/c1-4-5-6-7-8-9-10-13(14)16-15-11-12(2)3/h12H,6-11H2,1-3H3. The van der Waals surface area contributed by atoms with Crippen LogP contribution in [0.2, 0.25) is 0 Å². The van der Waals surface area contributed by atoms with E-state index in [1.807, 2.05) is 20.8 Å². The summed E-state index contributed by atoms with van der Waals surface area (Å²) in [5.41, 5.74) is 0. The molecule has 0 saturated carbocycles. The van der Waals surface area contributed by atoms with Gasteiger partial charge in [0.05, 0.1) is 6.61 Å². The molecule has 0 aliphatic heterocycles. The third kappa shape index (κ3) is 11.1. The molecule has 0 aliphatic rings. The molecule has 0 aromatic heterocycles. The van der Waals surface area contributed by atoms with Crippen LogP contribution in [-0.4, -0.2) is 12.6 Å². The molecule has 0 aliphatic carbocycles. The fourth-order valence-corrected chi connectivity index (χ4v) is 1.06. The molecule has 0 aromatic carbocycles. The van der Waals surface area contributed by atoms with E-state index >= 15 is 0 Å². The van der Waals surface area contributed by atoms with Gasteiger partial charge in [0.25, 0.3) is 0 Å². The maximum Gasteiger partial charge on any atom is 0.342 e. The van der Waals surface area contributed by atoms with Crippen molar-refractivity contribution in [3.8, 4) is 11.8 Å². The average molecular weight is 226 g/mol. The van der Waals surface area contributed by atoms with E-state index in [2.05, 4.69) is 16.7 Å². The van der Waals surface area contributed by atoms with Gasteiger partial charge in [0.1, 0.15) is 0 Å². The Morgan fingerprint density at radius 3 is 2.62 bits per heavy atom. The Kier molecular flexibility index (Phi) is 9.84. The van der Waals surface area contributed by atoms with Crippen LogP contribution in [0, 0.1) is 17.8 Å². The Hall–Kier alpha value is -1.01. The van der Waals surface area contributed by atoms with E-state index in [0.29, 0.717) is 18.9 Å². The zero-order chi connectivity index (χ0) is 12.2. The molecule has 0 spiro atoms. The van der Waals surface area contributed by atoms with E-state index in [1.165, 1.54) is 0 Å². The molecule has 0 heterocycles. The van der Waals surface area contributed by atoms with Crippen molar-refractivity contribution >= 4 is 5.97 Å². The summed E-state index contributed by atoms with van der Waals surface area (Å²) < 4.78 is 0. The van der Waals surface area contributed by atoms with Gasteiger partial charge in [0, 0.05) is 12.8 Å². The van der Waals surface area contributed by atoms with Crippen LogP contribution < -0.4 is 0 Å². The Morgan fingerprint density at radius 1 is 1.25 bits per heavy atom. The Morgan fingerprint density at radius 2 is 2.00 bits per heavy atom. The van der Waals surface area contributed by atoms with Gasteiger partial charge in [0.2, 0.25) is 0 Å². The summed E-state index contributed by atoms with van der Waals surface area (Å²) in [6.07, 6.45) is 4.23. The van der Waals surface area contributed by atoms with E-state index in [1.54, 1.807) is 0 Å². The van der Waals surface area contributed by atoms with Crippen molar-refractivity contribution in [2.24, 2.45) is 5.92 Å². The molecule has 92 valence electrons. The lowest BCUT2D eigenvalue weighted by Gasteiger charge is -2.05. The smallest absolute Gasteiger partial charge is 0.298 e. The molecule has 0 fully saturated rings. The van der Waals surface area contributed by atoms with Crippen LogP contribution >= 0.6 is 0 Å². The van der Waals surface area contributed by atoms with Gasteiger partial charge in [-0.25, -0.2) is 4.79 Å². The first-order valence-electron chi connectivity index (χ1n) is 5.88. The second-order valence-electron chi connectivity index (χ2n) is 4.12. The third-order valence-corrected chi connectivity index (χ3v) is 1.91. The minimum Gasteiger partial charge on any atom is -0.298 e. The summed E-state index contributed by atoms with van der Waals surface area (Å²) in [4.78, 5) is 20.5. The van der Waals surface area contributed by atoms with Crippen LogP contribution in [-0.2, 0) is 14.6 Å². The van der Waals surface area contributed by atoms with E-state index < -0.39 is 0 Å². The molecule has 0 radical (unpaired) electrons. The van der Waals surface area contributed by atoms with Crippen molar-refractivity contribution < 1.29 is 14.6 Å². The van der Waals surface area contributed by atoms with Crippen LogP contribution in [0.5, 0.6) is 0 Å². The number of carbonyl (C=O) groups excluding carboxylic acids is 1. The van der Waals surface area contributed by atoms with Crippen molar-refractivity contribution in [1.82, 2.24) is 0 Å². The molecule has 0 atom stereocenters. The Labute approximate surface area is 98.4 Å². The molecule has 0 N–H and O–H groups in total. The second kappa shape index (κ2) is 10.5. The van der Waals surface area contributed by atoms with Gasteiger partial charge in [0.15, 0.2) is 0 Å². The summed E-state index contributed by atoms with van der Waals surface area (Å²) >= 11 is 0. The highest BCUT2D eigenvalue weighted by Crippen LogP contribution is 2.04. The monoisotopic (exact) mass is 226 g/mol. The second-order valence-corrected chi connectivity index (χ2v) is 4.12. The van der Waals surface area contributed by atoms with Crippen molar-refractivity contribution in [2.75, 3.05) is 6.61 Å². The summed E-state index contributed by atoms with van der Waals surface area (Å²) in [6.45, 7) is 6.30. The largest absolute Gasteiger partial charge is 0.342 e. The minimum absolute atomic E-state index is 0.276. The van der Waals surface area contributed by atoms with E-state index in [0.717, 1.165) is 25.7 Å². The quantitative estimate of drug-likeness (QED) is 0.276. The highest BCUT2D eigenvalue weighted by atomic mass is 17.2. The fourth-order valence-electron chi connectivity index (χ4n) is 1.06. The van der Waals surface area contributed by atoms with Gasteiger partial charge in [-0.3, -0.25) is 4.89 Å². The van der Waals surface area contributed by atoms with Crippen LogP contribution in [0.1, 0.15) is 52.9 Å². The molecular formula is C13H22O3. The minimum atomic E-state index is -0.276. The summed E-state index contributed by atoms with van der Waals surface area (Å²) in [6, 6.07) is 0. The van der Waals surface area contributed by atoms with Gasteiger partial charge in [-0.2, -0.15) is 4.89 Å². The fraction of sp³-hybridized carbons (Fsp3) is 0.769. The molecule has 0 bridgehead atoms. The van der Waals surface area contributed by atoms with Crippen molar-refractivity contribution in [1.29, 1.82) is 0 Å². The summed E-state index contributed by atoms with van der Waals surface area (Å²) in [7, 11) is 0. The first kappa shape index (κ1) is 15.0. The number of unbranched alkanes of at least 4 members (excludes halogenated alkanes) is 3. The van der Waals surface area contributed by atoms with Gasteiger partial charge in [-0.05, 0) is 25.7 Å². The first-order valence-corrected chi connectivity index (χ1v) is 5.88. The number of hydrogen-bond acceptors (Lipinski definition) is 3. The Balaban J connectivity index is 3.26. The lowest BCUT2D eigenvalue weighted by Crippen LogP contribution is -2.09. The molecule has 0 amide bonds. The lowest BCUT2D eigenvalue weighted by atomic mass is 10.1. The van der Waals surface area contributed by atoms with E-state index in [4.69, 9.17) is 4.89 Å². The molecule has 0 unspecified atom stereocenters. The van der Waals surface area contributed by atoms with E-state index in [-0.39, 0.29) is 5.97 Å². The molecule has 3 nitrogen and oxygen atoms in total. The lowest BCUT2D eigenvalue weighted by molar-refractivity contribution is -0.276. The van der Waals surface area contributed by atoms with Crippen LogP contribution in [0.4, 0.5) is 0 Å². The zero-order valence-corrected chi connectivity index (χ0v) is 10.5. The maximum absolute atomic E-state index is 11.1. The highest BCUT2D eigenvalue weighted by molar-refractivity contribution is 5.68. The molecule has 0 rings (SSSR count). The van der Waals surface area contributed by atoms with Crippen molar-refractivity contribution in [3.05, 3.63) is 0 Å². The van der Waals surface area contributed by atoms with Crippen LogP contribution in [0.3, 0.4) is 0 Å². The predicted molar refractivity (Wildman–Crippen MR) is 63.4 cm³/mol. The molecule has 16 heavy (non-hydrogen) atoms. The summed E-state index contributed by atoms with van der Waals surface area (Å²) in [5.74, 6) is 5.94. The van der Waals surface area contributed by atoms with E-state index in [9.17, 15) is 4.79 Å². The predicted octanol–water partition coefficient (Wildman–Crippen LogP) is 3.09. The Bertz CT molecular complexity index is 235. The van der Waals surface area contributed by atoms with Crippen LogP contribution in [0.25, 0.3) is 0 Å². The highest BCUT2D eigenvalue weighted by Gasteiger charge is 2.04. The number of carbonyl (C=O) groups is 1. The van der Waals surface area contributed by atoms with Crippen molar-refractivity contribution in [2.45, 2.75) is 52.9 Å². The SMILES string of the molecule is CC#CCCCCCC(=O)OOCC(C)C. The number of hydrogen-bond donors (Lipinski definition) is 0. The average Bonchev–Trinajstić information content (AvgIpc) is 2.22. The van der Waals surface area contributed by atoms with Crippen molar-refractivity contribution in [3.63, 3.8) is 0 Å². The first-order chi connectivity index (χ1) is 7.66. The van der Waals surface area contributed by atoms with Gasteiger partial charge >= 0.3 is 5.97 Å². The number of rotatable bonds is 8. The van der Waals surface area contributed by atoms with Gasteiger partial charge < -0.3 is 0 Å².